The van der Waals surface area contributed by atoms with E-state index in [0.29, 0.717) is 0 Å². The van der Waals surface area contributed by atoms with Crippen LogP contribution in [0, 0.1) is 5.92 Å². The molecule has 1 heterocycles. The van der Waals surface area contributed by atoms with Crippen molar-refractivity contribution in [1.82, 2.24) is 10.3 Å². The van der Waals surface area contributed by atoms with Crippen molar-refractivity contribution < 1.29 is 27.8 Å². The van der Waals surface area contributed by atoms with Crippen LogP contribution in [0.1, 0.15) is 25.8 Å². The highest BCUT2D eigenvalue weighted by atomic mass is 19.4. The lowest BCUT2D eigenvalue weighted by Crippen LogP contribution is -2.32. The molecule has 2 N–H and O–H groups in total. The van der Waals surface area contributed by atoms with E-state index >= 15 is 0 Å². The fourth-order valence-corrected chi connectivity index (χ4v) is 1.56. The van der Waals surface area contributed by atoms with Crippen LogP contribution in [0.2, 0.25) is 0 Å². The molecule has 0 aliphatic rings. The number of pyridine rings is 1. The summed E-state index contributed by atoms with van der Waals surface area (Å²) >= 11 is 0. The Morgan fingerprint density at radius 1 is 1.45 bits per heavy atom. The first-order chi connectivity index (χ1) is 10.2. The van der Waals surface area contributed by atoms with Crippen molar-refractivity contribution >= 4 is 5.91 Å². The summed E-state index contributed by atoms with van der Waals surface area (Å²) in [5.74, 6) is -0.960. The molecule has 0 aromatic carbocycles. The molecule has 5 nitrogen and oxygen atoms in total. The Bertz CT molecular complexity index is 492. The summed E-state index contributed by atoms with van der Waals surface area (Å²) in [7, 11) is 0. The van der Waals surface area contributed by atoms with E-state index in [1.165, 1.54) is 12.3 Å². The number of hydrogen-bond acceptors (Lipinski definition) is 4. The number of ether oxygens (including phenoxy) is 1. The molecule has 1 amide bonds. The molecule has 22 heavy (non-hydrogen) atoms. The predicted octanol–water partition coefficient (Wildman–Crippen LogP) is 2.00. The third-order valence-electron chi connectivity index (χ3n) is 2.90. The van der Waals surface area contributed by atoms with Gasteiger partial charge in [-0.15, -0.1) is 0 Å². The van der Waals surface area contributed by atoms with Crippen LogP contribution >= 0.6 is 0 Å². The third kappa shape index (κ3) is 5.88. The van der Waals surface area contributed by atoms with Crippen molar-refractivity contribution in [3.63, 3.8) is 0 Å². The molecule has 8 heteroatoms. The second kappa shape index (κ2) is 7.98. The molecule has 0 aliphatic carbocycles. The molecule has 0 aliphatic heterocycles. The number of rotatable bonds is 7. The fourth-order valence-electron chi connectivity index (χ4n) is 1.56. The maximum atomic E-state index is 12.7. The van der Waals surface area contributed by atoms with Gasteiger partial charge in [0.25, 0.3) is 0 Å². The molecule has 0 saturated carbocycles. The van der Waals surface area contributed by atoms with Crippen molar-refractivity contribution in [2.45, 2.75) is 32.5 Å². The van der Waals surface area contributed by atoms with E-state index in [1.54, 1.807) is 13.8 Å². The van der Waals surface area contributed by atoms with Gasteiger partial charge in [0.15, 0.2) is 0 Å². The molecular formula is C14H19F3N2O3. The molecule has 0 bridgehead atoms. The number of aliphatic hydroxyl groups excluding tert-OH is 1. The fraction of sp³-hybridized carbons (Fsp3) is 0.571. The van der Waals surface area contributed by atoms with Crippen molar-refractivity contribution in [2.24, 2.45) is 5.92 Å². The van der Waals surface area contributed by atoms with Gasteiger partial charge in [-0.3, -0.25) is 4.79 Å². The first-order valence-electron chi connectivity index (χ1n) is 6.81. The summed E-state index contributed by atoms with van der Waals surface area (Å²) < 4.78 is 43.0. The Hall–Kier alpha value is -1.83. The van der Waals surface area contributed by atoms with Gasteiger partial charge in [0.1, 0.15) is 12.2 Å². The van der Waals surface area contributed by atoms with Gasteiger partial charge < -0.3 is 15.2 Å². The maximum Gasteiger partial charge on any atom is 0.421 e. The lowest BCUT2D eigenvalue weighted by atomic mass is 10.0. The number of halogens is 3. The molecule has 1 unspecified atom stereocenters. The van der Waals surface area contributed by atoms with Gasteiger partial charge in [-0.1, -0.05) is 13.8 Å². The number of alkyl halides is 3. The van der Waals surface area contributed by atoms with Crippen molar-refractivity contribution in [1.29, 1.82) is 0 Å². The highest BCUT2D eigenvalue weighted by Crippen LogP contribution is 2.34. The molecule has 1 aromatic heterocycles. The van der Waals surface area contributed by atoms with Gasteiger partial charge in [0.05, 0.1) is 19.1 Å². The van der Waals surface area contributed by atoms with E-state index in [0.717, 1.165) is 6.07 Å². The topological polar surface area (TPSA) is 71.5 Å². The van der Waals surface area contributed by atoms with Crippen LogP contribution in [0.15, 0.2) is 18.3 Å². The molecule has 0 fully saturated rings. The number of hydrogen-bond donors (Lipinski definition) is 2. The largest absolute Gasteiger partial charge is 0.475 e. The predicted molar refractivity (Wildman–Crippen MR) is 73.2 cm³/mol. The van der Waals surface area contributed by atoms with E-state index in [9.17, 15) is 23.1 Å². The molecule has 0 spiro atoms. The van der Waals surface area contributed by atoms with Crippen LogP contribution in [0.4, 0.5) is 13.2 Å². The highest BCUT2D eigenvalue weighted by Gasteiger charge is 2.34. The summed E-state index contributed by atoms with van der Waals surface area (Å²) in [6, 6.07) is 2.05. The van der Waals surface area contributed by atoms with Crippen LogP contribution in [-0.2, 0) is 11.0 Å². The van der Waals surface area contributed by atoms with Gasteiger partial charge in [-0.25, -0.2) is 4.98 Å². The van der Waals surface area contributed by atoms with E-state index in [2.05, 4.69) is 10.3 Å². The summed E-state index contributed by atoms with van der Waals surface area (Å²) in [5.41, 5.74) is -0.962. The zero-order valence-corrected chi connectivity index (χ0v) is 12.4. The minimum absolute atomic E-state index is 0.0253. The third-order valence-corrected chi connectivity index (χ3v) is 2.90. The molecule has 1 aromatic rings. The van der Waals surface area contributed by atoms with Crippen LogP contribution in [0.25, 0.3) is 0 Å². The summed E-state index contributed by atoms with van der Waals surface area (Å²) in [4.78, 5) is 15.0. The van der Waals surface area contributed by atoms with Crippen LogP contribution in [-0.4, -0.2) is 35.3 Å². The monoisotopic (exact) mass is 320 g/mol. The Morgan fingerprint density at radius 3 is 2.73 bits per heavy atom. The average molecular weight is 320 g/mol. The lowest BCUT2D eigenvalue weighted by Gasteiger charge is -2.15. The molecular weight excluding hydrogens is 301 g/mol. The minimum atomic E-state index is -4.55. The average Bonchev–Trinajstić information content (AvgIpc) is 2.42. The van der Waals surface area contributed by atoms with Gasteiger partial charge in [-0.05, 0) is 18.1 Å². The van der Waals surface area contributed by atoms with E-state index in [4.69, 9.17) is 4.74 Å². The second-order valence-electron chi connectivity index (χ2n) is 5.07. The van der Waals surface area contributed by atoms with Crippen LogP contribution < -0.4 is 10.1 Å². The van der Waals surface area contributed by atoms with Gasteiger partial charge in [0, 0.05) is 6.20 Å². The van der Waals surface area contributed by atoms with Crippen molar-refractivity contribution in [3.8, 4) is 5.88 Å². The van der Waals surface area contributed by atoms with Crippen molar-refractivity contribution in [3.05, 3.63) is 23.9 Å². The van der Waals surface area contributed by atoms with Crippen LogP contribution in [0.5, 0.6) is 5.88 Å². The smallest absolute Gasteiger partial charge is 0.421 e. The first-order valence-corrected chi connectivity index (χ1v) is 6.81. The zero-order valence-electron chi connectivity index (χ0n) is 12.4. The highest BCUT2D eigenvalue weighted by molar-refractivity contribution is 5.76. The number of carbonyl (C=O) groups excluding carboxylic acids is 1. The lowest BCUT2D eigenvalue weighted by molar-refractivity contribution is -0.139. The molecule has 1 rings (SSSR count). The Labute approximate surface area is 126 Å². The maximum absolute atomic E-state index is 12.7. The number of amides is 1. The Morgan fingerprint density at radius 2 is 2.14 bits per heavy atom. The summed E-state index contributed by atoms with van der Waals surface area (Å²) in [5, 5.41) is 12.0. The number of carbonyl (C=O) groups is 1. The number of aromatic nitrogens is 1. The molecule has 0 saturated heterocycles. The Balaban J connectivity index is 2.41. The summed E-state index contributed by atoms with van der Waals surface area (Å²) in [6.07, 6.45) is -4.17. The quantitative estimate of drug-likeness (QED) is 0.754. The molecule has 124 valence electrons. The molecule has 1 atom stereocenters. The minimum Gasteiger partial charge on any atom is -0.475 e. The van der Waals surface area contributed by atoms with E-state index in [-0.39, 0.29) is 31.4 Å². The zero-order chi connectivity index (χ0) is 16.8. The number of nitrogens with one attached hydrogen (secondary N) is 1. The second-order valence-corrected chi connectivity index (χ2v) is 5.07. The Kier molecular flexibility index (Phi) is 6.61. The number of aliphatic hydroxyl groups is 1. The standard InChI is InChI=1S/C14H19F3N2O3/c1-9(2)11(20)8-12(21)18-6-7-22-13-10(14(15,16)17)4-3-5-19-13/h3-5,9,11,20H,6-8H2,1-2H3,(H,18,21). The number of nitrogens with zero attached hydrogens (tertiary/aromatic N) is 1. The van der Waals surface area contributed by atoms with Crippen molar-refractivity contribution in [2.75, 3.05) is 13.2 Å². The normalized spacial score (nSPS) is 13.0. The van der Waals surface area contributed by atoms with E-state index < -0.39 is 23.7 Å². The summed E-state index contributed by atoms with van der Waals surface area (Å²) in [6.45, 7) is 3.43. The van der Waals surface area contributed by atoms with E-state index in [1.807, 2.05) is 0 Å². The van der Waals surface area contributed by atoms with Gasteiger partial charge >= 0.3 is 6.18 Å². The SMILES string of the molecule is CC(C)C(O)CC(=O)NCCOc1ncccc1C(F)(F)F. The van der Waals surface area contributed by atoms with Gasteiger partial charge in [0.2, 0.25) is 11.8 Å². The first kappa shape index (κ1) is 18.2. The van der Waals surface area contributed by atoms with Gasteiger partial charge in [-0.2, -0.15) is 13.2 Å². The van der Waals surface area contributed by atoms with Crippen LogP contribution in [0.3, 0.4) is 0 Å². The molecule has 0 radical (unpaired) electrons.